The van der Waals surface area contributed by atoms with E-state index in [-0.39, 0.29) is 12.4 Å². The zero-order chi connectivity index (χ0) is 14.1. The summed E-state index contributed by atoms with van der Waals surface area (Å²) in [4.78, 5) is 0. The number of rotatable bonds is 2. The van der Waals surface area contributed by atoms with Crippen molar-refractivity contribution in [2.45, 2.75) is 0 Å². The van der Waals surface area contributed by atoms with Crippen LogP contribution in [-0.2, 0) is 0 Å². The van der Waals surface area contributed by atoms with Gasteiger partial charge in [-0.05, 0) is 36.4 Å². The Morgan fingerprint density at radius 1 is 0.636 bits per heavy atom. The number of aromatic nitrogens is 2. The molecule has 0 saturated heterocycles. The fourth-order valence-electron chi connectivity index (χ4n) is 2.70. The van der Waals surface area contributed by atoms with E-state index < -0.39 is 0 Å². The molecule has 0 atom stereocenters. The van der Waals surface area contributed by atoms with E-state index in [1.165, 1.54) is 22.4 Å². The van der Waals surface area contributed by atoms with Crippen LogP contribution in [0.3, 0.4) is 0 Å². The first-order chi connectivity index (χ1) is 10.4. The number of benzene rings is 3. The Hall–Kier alpha value is -2.58. The van der Waals surface area contributed by atoms with Crippen molar-refractivity contribution < 1.29 is 17.0 Å². The summed E-state index contributed by atoms with van der Waals surface area (Å²) >= 11 is 0. The van der Waals surface area contributed by atoms with Crippen LogP contribution < -0.4 is 17.0 Å². The van der Waals surface area contributed by atoms with Gasteiger partial charge in [0.05, 0.1) is 0 Å². The van der Waals surface area contributed by atoms with Crippen LogP contribution >= 0.6 is 0 Å². The van der Waals surface area contributed by atoms with Gasteiger partial charge in [0.15, 0.2) is 11.0 Å². The van der Waals surface area contributed by atoms with E-state index in [1.807, 2.05) is 12.1 Å². The SMILES string of the molecule is [Cl-].c1ccc(-n2c[n+](-c3ccccc3)c3ccccc32)cc1. The molecule has 0 spiro atoms. The molecular weight excluding hydrogens is 292 g/mol. The highest BCUT2D eigenvalue weighted by molar-refractivity contribution is 5.74. The summed E-state index contributed by atoms with van der Waals surface area (Å²) in [5.74, 6) is 0. The summed E-state index contributed by atoms with van der Waals surface area (Å²) in [6.07, 6.45) is 2.15. The Labute approximate surface area is 135 Å². The first-order valence-electron chi connectivity index (χ1n) is 7.06. The normalized spacial score (nSPS) is 10.4. The largest absolute Gasteiger partial charge is 1.00 e. The molecule has 1 heterocycles. The second-order valence-electron chi connectivity index (χ2n) is 5.02. The Morgan fingerprint density at radius 2 is 1.23 bits per heavy atom. The number of fused-ring (bicyclic) bond motifs is 1. The van der Waals surface area contributed by atoms with Gasteiger partial charge < -0.3 is 12.4 Å². The lowest BCUT2D eigenvalue weighted by molar-refractivity contribution is -0.567. The minimum absolute atomic E-state index is 0. The predicted molar refractivity (Wildman–Crippen MR) is 84.8 cm³/mol. The van der Waals surface area contributed by atoms with Crippen LogP contribution in [0.1, 0.15) is 0 Å². The Kier molecular flexibility index (Phi) is 3.94. The second-order valence-corrected chi connectivity index (χ2v) is 5.02. The highest BCUT2D eigenvalue weighted by Crippen LogP contribution is 2.18. The molecule has 3 heteroatoms. The monoisotopic (exact) mass is 306 g/mol. The van der Waals surface area contributed by atoms with Gasteiger partial charge in [0.1, 0.15) is 11.4 Å². The number of hydrogen-bond donors (Lipinski definition) is 0. The van der Waals surface area contributed by atoms with Crippen LogP contribution in [0.5, 0.6) is 0 Å². The van der Waals surface area contributed by atoms with E-state index in [2.05, 4.69) is 88.3 Å². The van der Waals surface area contributed by atoms with E-state index >= 15 is 0 Å². The van der Waals surface area contributed by atoms with Gasteiger partial charge in [-0.25, -0.2) is 0 Å². The molecule has 0 fully saturated rings. The molecule has 0 bridgehead atoms. The zero-order valence-electron chi connectivity index (χ0n) is 11.9. The third-order valence-corrected chi connectivity index (χ3v) is 3.70. The fraction of sp³-hybridized carbons (Fsp3) is 0. The summed E-state index contributed by atoms with van der Waals surface area (Å²) in [6, 6.07) is 29.3. The van der Waals surface area contributed by atoms with Crippen LogP contribution in [0.4, 0.5) is 0 Å². The molecular formula is C19H15ClN2. The molecule has 4 rings (SSSR count). The molecule has 0 saturated carbocycles. The van der Waals surface area contributed by atoms with E-state index in [9.17, 15) is 0 Å². The summed E-state index contributed by atoms with van der Waals surface area (Å²) in [5, 5.41) is 0. The molecule has 0 N–H and O–H groups in total. The third-order valence-electron chi connectivity index (χ3n) is 3.70. The molecule has 0 aliphatic heterocycles. The number of imidazole rings is 1. The second kappa shape index (κ2) is 6.04. The summed E-state index contributed by atoms with van der Waals surface area (Å²) in [6.45, 7) is 0. The first kappa shape index (κ1) is 14.4. The molecule has 2 nitrogen and oxygen atoms in total. The van der Waals surface area contributed by atoms with Crippen LogP contribution in [0.25, 0.3) is 22.4 Å². The first-order valence-corrected chi connectivity index (χ1v) is 7.06. The Balaban J connectivity index is 0.00000144. The smallest absolute Gasteiger partial charge is 0.255 e. The summed E-state index contributed by atoms with van der Waals surface area (Å²) in [5.41, 5.74) is 4.74. The van der Waals surface area contributed by atoms with Gasteiger partial charge in [-0.2, -0.15) is 9.13 Å². The lowest BCUT2D eigenvalue weighted by Crippen LogP contribution is -3.00. The molecule has 0 aliphatic rings. The quantitative estimate of drug-likeness (QED) is 0.487. The maximum Gasteiger partial charge on any atom is 0.255 e. The number of hydrogen-bond acceptors (Lipinski definition) is 0. The standard InChI is InChI=1S/C19H15N2.ClH/c1-3-9-16(10-4-1)20-15-21(17-11-5-2-6-12-17)19-14-8-7-13-18(19)20;/h1-15H;1H/q+1;/p-1. The molecule has 4 aromatic rings. The Bertz CT molecular complexity index is 810. The zero-order valence-corrected chi connectivity index (χ0v) is 12.7. The topological polar surface area (TPSA) is 8.81 Å². The summed E-state index contributed by atoms with van der Waals surface area (Å²) < 4.78 is 4.45. The molecule has 3 aromatic carbocycles. The maximum atomic E-state index is 2.22. The predicted octanol–water partition coefficient (Wildman–Crippen LogP) is 0.911. The van der Waals surface area contributed by atoms with E-state index in [1.54, 1.807) is 0 Å². The fourth-order valence-corrected chi connectivity index (χ4v) is 2.70. The van der Waals surface area contributed by atoms with Gasteiger partial charge >= 0.3 is 0 Å². The van der Waals surface area contributed by atoms with Gasteiger partial charge in [-0.3, -0.25) is 0 Å². The Morgan fingerprint density at radius 3 is 1.95 bits per heavy atom. The van der Waals surface area contributed by atoms with E-state index in [0.29, 0.717) is 0 Å². The maximum absolute atomic E-state index is 2.22. The van der Waals surface area contributed by atoms with Crippen molar-refractivity contribution in [2.75, 3.05) is 0 Å². The van der Waals surface area contributed by atoms with Gasteiger partial charge in [0.25, 0.3) is 6.33 Å². The minimum Gasteiger partial charge on any atom is -1.00 e. The molecule has 0 unspecified atom stereocenters. The average molecular weight is 307 g/mol. The molecule has 22 heavy (non-hydrogen) atoms. The lowest BCUT2D eigenvalue weighted by atomic mass is 10.2. The average Bonchev–Trinajstić information content (AvgIpc) is 2.96. The third kappa shape index (κ3) is 2.38. The molecule has 1 aromatic heterocycles. The van der Waals surface area contributed by atoms with Gasteiger partial charge in [-0.15, -0.1) is 0 Å². The number of para-hydroxylation sites is 4. The van der Waals surface area contributed by atoms with Crippen LogP contribution in [-0.4, -0.2) is 4.57 Å². The van der Waals surface area contributed by atoms with Crippen LogP contribution in [0.2, 0.25) is 0 Å². The summed E-state index contributed by atoms with van der Waals surface area (Å²) in [7, 11) is 0. The number of halogens is 1. The van der Waals surface area contributed by atoms with Crippen molar-refractivity contribution in [1.29, 1.82) is 0 Å². The van der Waals surface area contributed by atoms with Crippen molar-refractivity contribution in [3.05, 3.63) is 91.3 Å². The van der Waals surface area contributed by atoms with Gasteiger partial charge in [-0.1, -0.05) is 48.5 Å². The minimum atomic E-state index is 0. The highest BCUT2D eigenvalue weighted by Gasteiger charge is 2.17. The van der Waals surface area contributed by atoms with Crippen molar-refractivity contribution in [3.8, 4) is 11.4 Å². The number of nitrogens with zero attached hydrogens (tertiary/aromatic N) is 2. The highest BCUT2D eigenvalue weighted by atomic mass is 35.5. The van der Waals surface area contributed by atoms with Gasteiger partial charge in [0.2, 0.25) is 0 Å². The van der Waals surface area contributed by atoms with Crippen LogP contribution in [0.15, 0.2) is 91.3 Å². The molecule has 108 valence electrons. The molecule has 0 aliphatic carbocycles. The van der Waals surface area contributed by atoms with E-state index in [0.717, 1.165) is 0 Å². The van der Waals surface area contributed by atoms with Crippen molar-refractivity contribution in [3.63, 3.8) is 0 Å². The molecule has 0 radical (unpaired) electrons. The van der Waals surface area contributed by atoms with E-state index in [4.69, 9.17) is 0 Å². The van der Waals surface area contributed by atoms with Crippen molar-refractivity contribution in [1.82, 2.24) is 4.57 Å². The molecule has 0 amide bonds. The lowest BCUT2D eigenvalue weighted by Gasteiger charge is -1.95. The van der Waals surface area contributed by atoms with Gasteiger partial charge in [0, 0.05) is 0 Å². The van der Waals surface area contributed by atoms with Crippen LogP contribution in [0, 0.1) is 0 Å². The van der Waals surface area contributed by atoms with Crippen molar-refractivity contribution >= 4 is 11.0 Å². The van der Waals surface area contributed by atoms with Crippen molar-refractivity contribution in [2.24, 2.45) is 0 Å².